The molecule has 0 aliphatic heterocycles. The van der Waals surface area contributed by atoms with Crippen LogP contribution in [0.25, 0.3) is 5.69 Å². The molecule has 4 nitrogen and oxygen atoms in total. The Labute approximate surface area is 109 Å². The quantitative estimate of drug-likeness (QED) is 0.944. The van der Waals surface area contributed by atoms with E-state index >= 15 is 0 Å². The van der Waals surface area contributed by atoms with Crippen molar-refractivity contribution < 1.29 is 0 Å². The molecular formula is C12H15BrN4. The van der Waals surface area contributed by atoms with Crippen molar-refractivity contribution in [3.8, 4) is 5.69 Å². The average molecular weight is 295 g/mol. The van der Waals surface area contributed by atoms with Gasteiger partial charge in [-0.3, -0.25) is 0 Å². The van der Waals surface area contributed by atoms with Crippen molar-refractivity contribution >= 4 is 15.9 Å². The van der Waals surface area contributed by atoms with Crippen LogP contribution in [0.3, 0.4) is 0 Å². The molecule has 2 N–H and O–H groups in total. The second-order valence-electron chi connectivity index (χ2n) is 3.94. The fourth-order valence-corrected chi connectivity index (χ4v) is 2.39. The van der Waals surface area contributed by atoms with E-state index in [1.165, 1.54) is 5.56 Å². The second-order valence-corrected chi connectivity index (χ2v) is 4.80. The van der Waals surface area contributed by atoms with Gasteiger partial charge in [0.05, 0.1) is 5.69 Å². The molecule has 0 bridgehead atoms. The molecule has 0 spiro atoms. The smallest absolute Gasteiger partial charge is 0.148 e. The van der Waals surface area contributed by atoms with Crippen molar-refractivity contribution in [1.82, 2.24) is 14.8 Å². The maximum atomic E-state index is 5.54. The van der Waals surface area contributed by atoms with E-state index in [0.717, 1.165) is 28.2 Å². The van der Waals surface area contributed by atoms with Gasteiger partial charge in [-0.2, -0.15) is 5.10 Å². The predicted octanol–water partition coefficient (Wildman–Crippen LogP) is 2.15. The van der Waals surface area contributed by atoms with Gasteiger partial charge in [-0.05, 0) is 60.4 Å². The largest absolute Gasteiger partial charge is 0.330 e. The lowest BCUT2D eigenvalue weighted by Gasteiger charge is -2.07. The van der Waals surface area contributed by atoms with E-state index in [1.54, 1.807) is 0 Å². The van der Waals surface area contributed by atoms with E-state index in [4.69, 9.17) is 5.73 Å². The van der Waals surface area contributed by atoms with Gasteiger partial charge >= 0.3 is 0 Å². The van der Waals surface area contributed by atoms with Crippen LogP contribution in [0.15, 0.2) is 22.7 Å². The van der Waals surface area contributed by atoms with E-state index in [-0.39, 0.29) is 0 Å². The Balaban J connectivity index is 2.43. The summed E-state index contributed by atoms with van der Waals surface area (Å²) in [5.74, 6) is 1.66. The maximum Gasteiger partial charge on any atom is 0.148 e. The van der Waals surface area contributed by atoms with Gasteiger partial charge in [-0.1, -0.05) is 6.07 Å². The lowest BCUT2D eigenvalue weighted by atomic mass is 10.1. The van der Waals surface area contributed by atoms with Gasteiger partial charge in [-0.25, -0.2) is 9.67 Å². The zero-order valence-electron chi connectivity index (χ0n) is 9.94. The molecule has 2 aromatic rings. The first-order chi connectivity index (χ1) is 8.11. The highest BCUT2D eigenvalue weighted by molar-refractivity contribution is 9.10. The van der Waals surface area contributed by atoms with Crippen LogP contribution in [0.2, 0.25) is 0 Å². The Hall–Kier alpha value is -1.20. The zero-order chi connectivity index (χ0) is 12.4. The lowest BCUT2D eigenvalue weighted by molar-refractivity contribution is 0.825. The Morgan fingerprint density at radius 2 is 2.12 bits per heavy atom. The minimum absolute atomic E-state index is 0.660. The second kappa shape index (κ2) is 4.98. The van der Waals surface area contributed by atoms with E-state index in [0.29, 0.717) is 6.54 Å². The van der Waals surface area contributed by atoms with Gasteiger partial charge in [-0.15, -0.1) is 0 Å². The number of hydrogen-bond acceptors (Lipinski definition) is 3. The molecule has 1 heterocycles. The number of hydrogen-bond donors (Lipinski definition) is 1. The molecule has 0 aliphatic carbocycles. The molecule has 2 rings (SSSR count). The molecule has 0 atom stereocenters. The van der Waals surface area contributed by atoms with Gasteiger partial charge in [0.15, 0.2) is 0 Å². The molecular weight excluding hydrogens is 280 g/mol. The first kappa shape index (κ1) is 12.3. The van der Waals surface area contributed by atoms with E-state index in [1.807, 2.05) is 24.6 Å². The van der Waals surface area contributed by atoms with E-state index in [2.05, 4.69) is 38.1 Å². The average Bonchev–Trinajstić information content (AvgIpc) is 2.58. The molecule has 1 aromatic heterocycles. The first-order valence-electron chi connectivity index (χ1n) is 5.51. The van der Waals surface area contributed by atoms with Crippen LogP contribution < -0.4 is 5.73 Å². The number of benzene rings is 1. The van der Waals surface area contributed by atoms with Gasteiger partial charge in [0.2, 0.25) is 0 Å². The fourth-order valence-electron chi connectivity index (χ4n) is 1.79. The maximum absolute atomic E-state index is 5.54. The van der Waals surface area contributed by atoms with Crippen LogP contribution in [0.4, 0.5) is 0 Å². The van der Waals surface area contributed by atoms with Crippen LogP contribution in [-0.4, -0.2) is 21.3 Å². The van der Waals surface area contributed by atoms with Crippen molar-refractivity contribution in [2.45, 2.75) is 20.3 Å². The molecule has 0 saturated carbocycles. The van der Waals surface area contributed by atoms with Gasteiger partial charge in [0.1, 0.15) is 11.6 Å². The summed E-state index contributed by atoms with van der Waals surface area (Å²) in [6.45, 7) is 4.49. The third-order valence-corrected chi connectivity index (χ3v) is 3.18. The molecule has 90 valence electrons. The number of nitrogens with two attached hydrogens (primary N) is 1. The molecule has 0 amide bonds. The third-order valence-electron chi connectivity index (χ3n) is 2.55. The standard InChI is InChI=1S/C12H15BrN4/c1-8-15-9(2)17(16-8)12-4-3-10(5-6-14)7-11(12)13/h3-4,7H,5-6,14H2,1-2H3. The summed E-state index contributed by atoms with van der Waals surface area (Å²) in [6, 6.07) is 6.19. The Bertz CT molecular complexity index is 533. The number of rotatable bonds is 3. The highest BCUT2D eigenvalue weighted by atomic mass is 79.9. The van der Waals surface area contributed by atoms with Gasteiger partial charge < -0.3 is 5.73 Å². The molecule has 0 saturated heterocycles. The molecule has 5 heteroatoms. The Morgan fingerprint density at radius 1 is 1.35 bits per heavy atom. The van der Waals surface area contributed by atoms with Crippen LogP contribution in [-0.2, 0) is 6.42 Å². The normalized spacial score (nSPS) is 10.8. The summed E-state index contributed by atoms with van der Waals surface area (Å²) in [7, 11) is 0. The summed E-state index contributed by atoms with van der Waals surface area (Å²) in [5.41, 5.74) is 7.77. The minimum Gasteiger partial charge on any atom is -0.330 e. The zero-order valence-corrected chi connectivity index (χ0v) is 11.5. The van der Waals surface area contributed by atoms with Crippen LogP contribution in [0, 0.1) is 13.8 Å². The van der Waals surface area contributed by atoms with Crippen LogP contribution in [0.1, 0.15) is 17.2 Å². The lowest BCUT2D eigenvalue weighted by Crippen LogP contribution is -2.04. The van der Waals surface area contributed by atoms with Crippen LogP contribution in [0.5, 0.6) is 0 Å². The highest BCUT2D eigenvalue weighted by Gasteiger charge is 2.08. The summed E-state index contributed by atoms with van der Waals surface area (Å²) >= 11 is 3.57. The van der Waals surface area contributed by atoms with Crippen LogP contribution >= 0.6 is 15.9 Å². The van der Waals surface area contributed by atoms with Crippen molar-refractivity contribution in [2.75, 3.05) is 6.54 Å². The number of halogens is 1. The summed E-state index contributed by atoms with van der Waals surface area (Å²) in [5, 5.41) is 4.37. The van der Waals surface area contributed by atoms with E-state index in [9.17, 15) is 0 Å². The summed E-state index contributed by atoms with van der Waals surface area (Å²) in [6.07, 6.45) is 0.883. The summed E-state index contributed by atoms with van der Waals surface area (Å²) < 4.78 is 2.85. The molecule has 0 unspecified atom stereocenters. The SMILES string of the molecule is Cc1nc(C)n(-c2ccc(CCN)cc2Br)n1. The van der Waals surface area contributed by atoms with Crippen molar-refractivity contribution in [1.29, 1.82) is 0 Å². The highest BCUT2D eigenvalue weighted by Crippen LogP contribution is 2.23. The van der Waals surface area contributed by atoms with Crippen molar-refractivity contribution in [3.05, 3.63) is 39.9 Å². The Morgan fingerprint density at radius 3 is 2.65 bits per heavy atom. The molecule has 1 aromatic carbocycles. The van der Waals surface area contributed by atoms with Gasteiger partial charge in [0.25, 0.3) is 0 Å². The number of nitrogens with zero attached hydrogens (tertiary/aromatic N) is 3. The molecule has 0 fully saturated rings. The molecule has 0 aliphatic rings. The number of aromatic nitrogens is 3. The van der Waals surface area contributed by atoms with Gasteiger partial charge in [0, 0.05) is 4.47 Å². The minimum atomic E-state index is 0.660. The van der Waals surface area contributed by atoms with Crippen molar-refractivity contribution in [3.63, 3.8) is 0 Å². The molecule has 17 heavy (non-hydrogen) atoms. The topological polar surface area (TPSA) is 56.7 Å². The van der Waals surface area contributed by atoms with Crippen molar-refractivity contribution in [2.24, 2.45) is 5.73 Å². The molecule has 0 radical (unpaired) electrons. The monoisotopic (exact) mass is 294 g/mol. The van der Waals surface area contributed by atoms with E-state index < -0.39 is 0 Å². The third kappa shape index (κ3) is 2.56. The fraction of sp³-hybridized carbons (Fsp3) is 0.333. The predicted molar refractivity (Wildman–Crippen MR) is 71.3 cm³/mol. The Kier molecular flexibility index (Phi) is 3.59. The number of aryl methyl sites for hydroxylation is 2. The first-order valence-corrected chi connectivity index (χ1v) is 6.30. The summed E-state index contributed by atoms with van der Waals surface area (Å²) in [4.78, 5) is 4.30.